The Hall–Kier alpha value is -1.16. The molecular formula is C16H24ClN3O5S. The van der Waals surface area contributed by atoms with Crippen LogP contribution in [0.25, 0.3) is 0 Å². The summed E-state index contributed by atoms with van der Waals surface area (Å²) < 4.78 is 39.0. The van der Waals surface area contributed by atoms with Crippen LogP contribution in [0.3, 0.4) is 0 Å². The standard InChI is InChI=1S/C16H24ClN3O5S/c1-26(21,22)9-3-7-23-6-2-4-13-14-15(19-16(17)18-13)20-5-8-24-10-12(20)11-25-14/h12H,2-11H2,1H3. The van der Waals surface area contributed by atoms with Gasteiger partial charge in [-0.15, -0.1) is 0 Å². The van der Waals surface area contributed by atoms with E-state index in [0.29, 0.717) is 51.6 Å². The summed E-state index contributed by atoms with van der Waals surface area (Å²) in [6.07, 6.45) is 3.14. The topological polar surface area (TPSA) is 90.9 Å². The number of halogens is 1. The number of hydrogen-bond donors (Lipinski definition) is 0. The molecule has 0 N–H and O–H groups in total. The number of fused-ring (bicyclic) bond motifs is 3. The highest BCUT2D eigenvalue weighted by atomic mass is 35.5. The molecule has 3 rings (SSSR count). The normalized spacial score (nSPS) is 19.6. The lowest BCUT2D eigenvalue weighted by Gasteiger charge is -2.40. The van der Waals surface area contributed by atoms with Gasteiger partial charge in [0.25, 0.3) is 0 Å². The van der Waals surface area contributed by atoms with Crippen LogP contribution < -0.4 is 9.64 Å². The van der Waals surface area contributed by atoms with Gasteiger partial charge >= 0.3 is 0 Å². The minimum Gasteiger partial charge on any atom is -0.486 e. The van der Waals surface area contributed by atoms with Crippen molar-refractivity contribution in [3.8, 4) is 5.75 Å². The number of nitrogens with zero attached hydrogens (tertiary/aromatic N) is 3. The Morgan fingerprint density at radius 3 is 2.88 bits per heavy atom. The summed E-state index contributed by atoms with van der Waals surface area (Å²) in [5.74, 6) is 1.59. The molecule has 1 unspecified atom stereocenters. The Morgan fingerprint density at radius 2 is 2.08 bits per heavy atom. The quantitative estimate of drug-likeness (QED) is 0.469. The highest BCUT2D eigenvalue weighted by Crippen LogP contribution is 2.36. The van der Waals surface area contributed by atoms with Crippen molar-refractivity contribution in [3.05, 3.63) is 11.0 Å². The number of anilines is 1. The first-order valence-electron chi connectivity index (χ1n) is 8.73. The second-order valence-electron chi connectivity index (χ2n) is 6.52. The van der Waals surface area contributed by atoms with Crippen LogP contribution >= 0.6 is 11.6 Å². The average molecular weight is 406 g/mol. The van der Waals surface area contributed by atoms with Gasteiger partial charge < -0.3 is 19.1 Å². The molecule has 0 aliphatic carbocycles. The molecule has 146 valence electrons. The molecule has 1 aromatic rings. The molecular weight excluding hydrogens is 382 g/mol. The van der Waals surface area contributed by atoms with E-state index < -0.39 is 9.84 Å². The lowest BCUT2D eigenvalue weighted by molar-refractivity contribution is 0.0691. The van der Waals surface area contributed by atoms with Crippen molar-refractivity contribution in [2.24, 2.45) is 0 Å². The van der Waals surface area contributed by atoms with Crippen molar-refractivity contribution in [2.75, 3.05) is 56.5 Å². The van der Waals surface area contributed by atoms with Gasteiger partial charge in [-0.3, -0.25) is 0 Å². The number of rotatable bonds is 8. The van der Waals surface area contributed by atoms with Crippen molar-refractivity contribution in [1.29, 1.82) is 0 Å². The van der Waals surface area contributed by atoms with Gasteiger partial charge in [-0.25, -0.2) is 13.4 Å². The zero-order valence-electron chi connectivity index (χ0n) is 14.8. The second kappa shape index (κ2) is 8.69. The van der Waals surface area contributed by atoms with Gasteiger partial charge in [-0.2, -0.15) is 4.98 Å². The van der Waals surface area contributed by atoms with Crippen LogP contribution in [0.4, 0.5) is 5.82 Å². The largest absolute Gasteiger partial charge is 0.486 e. The van der Waals surface area contributed by atoms with E-state index in [2.05, 4.69) is 14.9 Å². The van der Waals surface area contributed by atoms with Crippen molar-refractivity contribution >= 4 is 27.3 Å². The fourth-order valence-electron chi connectivity index (χ4n) is 3.08. The summed E-state index contributed by atoms with van der Waals surface area (Å²) in [6.45, 7) is 3.55. The molecule has 1 aromatic heterocycles. The van der Waals surface area contributed by atoms with Crippen LogP contribution in [-0.2, 0) is 25.7 Å². The first-order valence-corrected chi connectivity index (χ1v) is 11.2. The summed E-state index contributed by atoms with van der Waals surface area (Å²) in [7, 11) is -2.93. The lowest BCUT2D eigenvalue weighted by Crippen LogP contribution is -2.51. The van der Waals surface area contributed by atoms with Gasteiger partial charge in [0, 0.05) is 26.0 Å². The van der Waals surface area contributed by atoms with E-state index in [1.165, 1.54) is 6.26 Å². The third-order valence-corrected chi connectivity index (χ3v) is 5.52. The molecule has 8 nitrogen and oxygen atoms in total. The van der Waals surface area contributed by atoms with E-state index in [1.807, 2.05) is 0 Å². The van der Waals surface area contributed by atoms with E-state index in [9.17, 15) is 8.42 Å². The highest BCUT2D eigenvalue weighted by molar-refractivity contribution is 7.90. The van der Waals surface area contributed by atoms with Crippen LogP contribution in [0.1, 0.15) is 18.5 Å². The molecule has 10 heteroatoms. The molecule has 1 saturated heterocycles. The molecule has 26 heavy (non-hydrogen) atoms. The Balaban J connectivity index is 1.53. The first-order chi connectivity index (χ1) is 12.4. The number of hydrogen-bond acceptors (Lipinski definition) is 8. The number of sulfone groups is 1. The predicted octanol–water partition coefficient (Wildman–Crippen LogP) is 1.11. The molecule has 2 aliphatic rings. The first kappa shape index (κ1) is 19.6. The fraction of sp³-hybridized carbons (Fsp3) is 0.750. The van der Waals surface area contributed by atoms with E-state index in [-0.39, 0.29) is 17.1 Å². The summed E-state index contributed by atoms with van der Waals surface area (Å²) in [6, 6.07) is 0.160. The van der Waals surface area contributed by atoms with Gasteiger partial charge in [0.1, 0.15) is 16.4 Å². The van der Waals surface area contributed by atoms with Gasteiger partial charge in [0.15, 0.2) is 11.6 Å². The van der Waals surface area contributed by atoms with Gasteiger partial charge in [-0.1, -0.05) is 0 Å². The fourth-order valence-corrected chi connectivity index (χ4v) is 3.91. The molecule has 1 atom stereocenters. The van der Waals surface area contributed by atoms with E-state index in [1.54, 1.807) is 0 Å². The molecule has 0 amide bonds. The number of aryl methyl sites for hydroxylation is 1. The van der Waals surface area contributed by atoms with Crippen LogP contribution in [-0.4, -0.2) is 76.0 Å². The molecule has 0 spiro atoms. The number of morpholine rings is 1. The maximum Gasteiger partial charge on any atom is 0.224 e. The third kappa shape index (κ3) is 5.18. The minimum absolute atomic E-state index is 0.149. The number of ether oxygens (including phenoxy) is 3. The van der Waals surface area contributed by atoms with Gasteiger partial charge in [-0.05, 0) is 30.9 Å². The summed E-state index contributed by atoms with van der Waals surface area (Å²) >= 11 is 6.11. The SMILES string of the molecule is CS(=O)(=O)CCCOCCCc1nc(Cl)nc2c1OCC1COCCN21. The van der Waals surface area contributed by atoms with E-state index in [0.717, 1.165) is 24.5 Å². The van der Waals surface area contributed by atoms with E-state index in [4.69, 9.17) is 25.8 Å². The monoisotopic (exact) mass is 405 g/mol. The minimum atomic E-state index is -2.93. The molecule has 0 saturated carbocycles. The summed E-state index contributed by atoms with van der Waals surface area (Å²) in [5, 5.41) is 0.212. The third-order valence-electron chi connectivity index (χ3n) is 4.32. The van der Waals surface area contributed by atoms with Crippen LogP contribution in [0.5, 0.6) is 5.75 Å². The summed E-state index contributed by atoms with van der Waals surface area (Å²) in [4.78, 5) is 10.9. The van der Waals surface area contributed by atoms with Crippen LogP contribution in [0.2, 0.25) is 5.28 Å². The Morgan fingerprint density at radius 1 is 1.27 bits per heavy atom. The average Bonchev–Trinajstić information content (AvgIpc) is 2.59. The highest BCUT2D eigenvalue weighted by Gasteiger charge is 2.33. The Bertz CT molecular complexity index is 731. The Labute approximate surface area is 158 Å². The Kier molecular flexibility index (Phi) is 6.55. The van der Waals surface area contributed by atoms with Crippen molar-refractivity contribution in [2.45, 2.75) is 25.3 Å². The van der Waals surface area contributed by atoms with Crippen molar-refractivity contribution in [3.63, 3.8) is 0 Å². The van der Waals surface area contributed by atoms with Gasteiger partial charge in [0.2, 0.25) is 5.28 Å². The maximum absolute atomic E-state index is 11.1. The zero-order chi connectivity index (χ0) is 18.6. The maximum atomic E-state index is 11.1. The van der Waals surface area contributed by atoms with Crippen LogP contribution in [0.15, 0.2) is 0 Å². The second-order valence-corrected chi connectivity index (χ2v) is 9.12. The lowest BCUT2D eigenvalue weighted by atomic mass is 10.1. The smallest absolute Gasteiger partial charge is 0.224 e. The van der Waals surface area contributed by atoms with Crippen molar-refractivity contribution in [1.82, 2.24) is 9.97 Å². The molecule has 2 aliphatic heterocycles. The molecule has 3 heterocycles. The molecule has 1 fully saturated rings. The zero-order valence-corrected chi connectivity index (χ0v) is 16.4. The molecule has 0 radical (unpaired) electrons. The molecule has 0 bridgehead atoms. The van der Waals surface area contributed by atoms with E-state index >= 15 is 0 Å². The van der Waals surface area contributed by atoms with Crippen molar-refractivity contribution < 1.29 is 22.6 Å². The van der Waals surface area contributed by atoms with Crippen LogP contribution in [0, 0.1) is 0 Å². The summed E-state index contributed by atoms with van der Waals surface area (Å²) in [5.41, 5.74) is 0.782. The molecule has 0 aromatic carbocycles. The van der Waals surface area contributed by atoms with Gasteiger partial charge in [0.05, 0.1) is 30.7 Å². The predicted molar refractivity (Wildman–Crippen MR) is 98.0 cm³/mol. The number of aromatic nitrogens is 2.